The van der Waals surface area contributed by atoms with E-state index in [2.05, 4.69) is 0 Å². The van der Waals surface area contributed by atoms with Gasteiger partial charge in [-0.1, -0.05) is 0 Å². The first-order chi connectivity index (χ1) is 8.56. The van der Waals surface area contributed by atoms with E-state index >= 15 is 0 Å². The zero-order valence-electron chi connectivity index (χ0n) is 9.24. The van der Waals surface area contributed by atoms with Gasteiger partial charge in [0.1, 0.15) is 24.0 Å². The Hall–Kier alpha value is -1.95. The molecule has 1 aliphatic rings. The zero-order valence-corrected chi connectivity index (χ0v) is 9.24. The van der Waals surface area contributed by atoms with Gasteiger partial charge in [0.2, 0.25) is 0 Å². The number of nitrogens with one attached hydrogen (secondary N) is 1. The lowest BCUT2D eigenvalue weighted by atomic mass is 10.2. The van der Waals surface area contributed by atoms with E-state index in [4.69, 9.17) is 15.1 Å². The number of aromatic amines is 1. The lowest BCUT2D eigenvalue weighted by molar-refractivity contribution is -0.0459. The fraction of sp³-hybridized carbons (Fsp3) is 0.500. The van der Waals surface area contributed by atoms with Crippen molar-refractivity contribution < 1.29 is 14.9 Å². The van der Waals surface area contributed by atoms with Crippen LogP contribution in [0, 0.1) is 11.3 Å². The number of nitrogens with zero attached hydrogens (tertiary/aromatic N) is 2. The monoisotopic (exact) mass is 253 g/mol. The first-order valence-electron chi connectivity index (χ1n) is 5.26. The second-order valence-electron chi connectivity index (χ2n) is 3.94. The average molecular weight is 253 g/mol. The van der Waals surface area contributed by atoms with Gasteiger partial charge in [-0.25, -0.2) is 4.79 Å². The highest BCUT2D eigenvalue weighted by Crippen LogP contribution is 2.27. The maximum absolute atomic E-state index is 11.6. The number of aromatic nitrogens is 2. The van der Waals surface area contributed by atoms with Gasteiger partial charge in [0.15, 0.2) is 0 Å². The van der Waals surface area contributed by atoms with Gasteiger partial charge < -0.3 is 14.9 Å². The van der Waals surface area contributed by atoms with Crippen molar-refractivity contribution in [3.05, 3.63) is 32.6 Å². The van der Waals surface area contributed by atoms with E-state index in [1.54, 1.807) is 6.07 Å². The molecule has 0 radical (unpaired) electrons. The van der Waals surface area contributed by atoms with E-state index in [9.17, 15) is 14.7 Å². The molecule has 3 N–H and O–H groups in total. The number of aliphatic hydroxyl groups is 2. The predicted octanol–water partition coefficient (Wildman–Crippen LogP) is -1.95. The highest BCUT2D eigenvalue weighted by atomic mass is 16.5. The van der Waals surface area contributed by atoms with Crippen molar-refractivity contribution in [2.24, 2.45) is 0 Å². The van der Waals surface area contributed by atoms with Gasteiger partial charge in [-0.05, 0) is 0 Å². The molecule has 2 rings (SSSR count). The van der Waals surface area contributed by atoms with Crippen molar-refractivity contribution in [2.75, 3.05) is 6.61 Å². The van der Waals surface area contributed by atoms with Gasteiger partial charge >= 0.3 is 5.69 Å². The molecule has 0 aliphatic carbocycles. The van der Waals surface area contributed by atoms with Crippen LogP contribution in [0.1, 0.15) is 18.2 Å². The largest absolute Gasteiger partial charge is 0.394 e. The van der Waals surface area contributed by atoms with Crippen LogP contribution in [-0.4, -0.2) is 38.6 Å². The quantitative estimate of drug-likeness (QED) is 0.562. The second kappa shape index (κ2) is 4.73. The summed E-state index contributed by atoms with van der Waals surface area (Å²) in [4.78, 5) is 24.8. The third-order valence-electron chi connectivity index (χ3n) is 2.78. The Morgan fingerprint density at radius 1 is 1.61 bits per heavy atom. The fourth-order valence-corrected chi connectivity index (χ4v) is 1.83. The van der Waals surface area contributed by atoms with Gasteiger partial charge in [0.05, 0.1) is 12.7 Å². The molecule has 1 saturated heterocycles. The highest BCUT2D eigenvalue weighted by molar-refractivity contribution is 5.21. The second-order valence-corrected chi connectivity index (χ2v) is 3.94. The van der Waals surface area contributed by atoms with Crippen LogP contribution in [0.15, 0.2) is 15.8 Å². The predicted molar refractivity (Wildman–Crippen MR) is 57.7 cm³/mol. The summed E-state index contributed by atoms with van der Waals surface area (Å²) >= 11 is 0. The van der Waals surface area contributed by atoms with Crippen LogP contribution in [0.4, 0.5) is 0 Å². The summed E-state index contributed by atoms with van der Waals surface area (Å²) < 4.78 is 6.29. The molecular formula is C10H11N3O5. The number of nitriles is 1. The Morgan fingerprint density at radius 3 is 2.89 bits per heavy atom. The van der Waals surface area contributed by atoms with Gasteiger partial charge in [-0.15, -0.1) is 0 Å². The molecule has 8 heteroatoms. The Morgan fingerprint density at radius 2 is 2.33 bits per heavy atom. The molecule has 2 unspecified atom stereocenters. The lowest BCUT2D eigenvalue weighted by Gasteiger charge is -2.14. The molecule has 1 aromatic rings. The summed E-state index contributed by atoms with van der Waals surface area (Å²) in [7, 11) is 0. The van der Waals surface area contributed by atoms with E-state index in [0.29, 0.717) is 0 Å². The van der Waals surface area contributed by atoms with Crippen molar-refractivity contribution in [3.8, 4) is 6.07 Å². The Kier molecular flexibility index (Phi) is 3.29. The summed E-state index contributed by atoms with van der Waals surface area (Å²) in [5, 5.41) is 27.2. The smallest absolute Gasteiger partial charge is 0.330 e. The summed E-state index contributed by atoms with van der Waals surface area (Å²) in [6.07, 6.45) is -1.31. The fourth-order valence-electron chi connectivity index (χ4n) is 1.83. The Labute approximate surface area is 101 Å². The molecule has 0 bridgehead atoms. The Balaban J connectivity index is 2.39. The van der Waals surface area contributed by atoms with Gasteiger partial charge in [0.25, 0.3) is 5.56 Å². The minimum absolute atomic E-state index is 0.0993. The number of hydrogen-bond donors (Lipinski definition) is 3. The zero-order chi connectivity index (χ0) is 13.3. The molecule has 0 amide bonds. The molecule has 0 aromatic carbocycles. The van der Waals surface area contributed by atoms with Gasteiger partial charge in [-0.3, -0.25) is 14.3 Å². The molecule has 3 atom stereocenters. The van der Waals surface area contributed by atoms with Crippen LogP contribution < -0.4 is 11.2 Å². The van der Waals surface area contributed by atoms with E-state index in [0.717, 1.165) is 10.8 Å². The van der Waals surface area contributed by atoms with Crippen molar-refractivity contribution in [2.45, 2.75) is 24.9 Å². The minimum Gasteiger partial charge on any atom is -0.394 e. The molecule has 0 spiro atoms. The molecule has 8 nitrogen and oxygen atoms in total. The van der Waals surface area contributed by atoms with Crippen LogP contribution in [0.25, 0.3) is 0 Å². The van der Waals surface area contributed by atoms with E-state index in [1.807, 2.05) is 4.98 Å². The van der Waals surface area contributed by atoms with E-state index in [1.165, 1.54) is 0 Å². The first kappa shape index (κ1) is 12.5. The molecule has 1 fully saturated rings. The number of aliphatic hydroxyl groups excluding tert-OH is 2. The van der Waals surface area contributed by atoms with Gasteiger partial charge in [-0.2, -0.15) is 5.26 Å². The summed E-state index contributed by atoms with van der Waals surface area (Å²) in [5.41, 5.74) is -1.72. The number of H-pyrrole nitrogens is 1. The van der Waals surface area contributed by atoms with Gasteiger partial charge in [0, 0.05) is 12.6 Å². The molecule has 0 saturated carbocycles. The SMILES string of the molecule is N#Cc1cn(C2C[C@@H](O)C(CO)O2)c(=O)[nH]c1=O. The molecule has 18 heavy (non-hydrogen) atoms. The Bertz CT molecular complexity index is 599. The number of hydrogen-bond acceptors (Lipinski definition) is 6. The molecular weight excluding hydrogens is 242 g/mol. The average Bonchev–Trinajstić information content (AvgIpc) is 2.70. The third kappa shape index (κ3) is 2.06. The molecule has 1 aromatic heterocycles. The van der Waals surface area contributed by atoms with Crippen LogP contribution in [0.5, 0.6) is 0 Å². The van der Waals surface area contributed by atoms with Crippen molar-refractivity contribution in [1.82, 2.24) is 9.55 Å². The summed E-state index contributed by atoms with van der Waals surface area (Å²) in [6.45, 7) is -0.374. The van der Waals surface area contributed by atoms with Crippen molar-refractivity contribution in [3.63, 3.8) is 0 Å². The topological polar surface area (TPSA) is 128 Å². The highest BCUT2D eigenvalue weighted by Gasteiger charge is 2.35. The van der Waals surface area contributed by atoms with Crippen LogP contribution in [0.3, 0.4) is 0 Å². The number of ether oxygens (including phenoxy) is 1. The molecule has 2 heterocycles. The third-order valence-corrected chi connectivity index (χ3v) is 2.78. The minimum atomic E-state index is -0.899. The van der Waals surface area contributed by atoms with Crippen LogP contribution >= 0.6 is 0 Å². The standard InChI is InChI=1S/C10H11N3O5/c11-2-5-3-13(10(17)12-9(5)16)8-1-6(15)7(4-14)18-8/h3,6-8,14-15H,1,4H2,(H,12,16,17)/t6-,7?,8?/m1/s1. The van der Waals surface area contributed by atoms with Crippen molar-refractivity contribution in [1.29, 1.82) is 5.26 Å². The normalized spacial score (nSPS) is 27.1. The van der Waals surface area contributed by atoms with Crippen LogP contribution in [-0.2, 0) is 4.74 Å². The lowest BCUT2D eigenvalue weighted by Crippen LogP contribution is -2.33. The summed E-state index contributed by atoms with van der Waals surface area (Å²) in [5.74, 6) is 0. The van der Waals surface area contributed by atoms with E-state index < -0.39 is 29.7 Å². The van der Waals surface area contributed by atoms with E-state index in [-0.39, 0.29) is 18.6 Å². The first-order valence-corrected chi connectivity index (χ1v) is 5.26. The molecule has 1 aliphatic heterocycles. The maximum Gasteiger partial charge on any atom is 0.330 e. The maximum atomic E-state index is 11.6. The number of rotatable bonds is 2. The van der Waals surface area contributed by atoms with Crippen molar-refractivity contribution >= 4 is 0 Å². The summed E-state index contributed by atoms with van der Waals surface area (Å²) in [6, 6.07) is 1.65. The van der Waals surface area contributed by atoms with Crippen LogP contribution in [0.2, 0.25) is 0 Å². The molecule has 96 valence electrons.